The van der Waals surface area contributed by atoms with Gasteiger partial charge in [-0.05, 0) is 72.6 Å². The molecule has 0 bridgehead atoms. The van der Waals surface area contributed by atoms with Crippen molar-refractivity contribution in [2.75, 3.05) is 26.7 Å². The van der Waals surface area contributed by atoms with Crippen molar-refractivity contribution in [3.05, 3.63) is 118 Å². The van der Waals surface area contributed by atoms with E-state index in [9.17, 15) is 29.1 Å². The number of aromatic hydroxyl groups is 1. The molecule has 1 aromatic heterocycles. The maximum absolute atomic E-state index is 13.0. The molecule has 0 radical (unpaired) electrons. The number of fused-ring (bicyclic) bond motifs is 1. The molecule has 4 amide bonds. The zero-order valence-electron chi connectivity index (χ0n) is 30.7. The van der Waals surface area contributed by atoms with Gasteiger partial charge >= 0.3 is 0 Å². The minimum atomic E-state index is -0.599. The maximum Gasteiger partial charge on any atom is 0.267 e. The van der Waals surface area contributed by atoms with E-state index in [2.05, 4.69) is 33.1 Å². The average molecular weight is 751 g/mol. The smallest absolute Gasteiger partial charge is 0.267 e. The minimum Gasteiger partial charge on any atom is -0.507 e. The van der Waals surface area contributed by atoms with Crippen molar-refractivity contribution >= 4 is 40.7 Å². The van der Waals surface area contributed by atoms with Gasteiger partial charge in [0.1, 0.15) is 11.4 Å². The molecule has 1 unspecified atom stereocenters. The van der Waals surface area contributed by atoms with E-state index in [0.29, 0.717) is 19.4 Å². The van der Waals surface area contributed by atoms with Gasteiger partial charge in [0.2, 0.25) is 11.8 Å². The highest BCUT2D eigenvalue weighted by molar-refractivity contribution is 7.13. The minimum absolute atomic E-state index is 0.0249. The van der Waals surface area contributed by atoms with Crippen molar-refractivity contribution in [3.8, 4) is 16.2 Å². The summed E-state index contributed by atoms with van der Waals surface area (Å²) in [5.41, 5.74) is 12.9. The quantitative estimate of drug-likeness (QED) is 0.0607. The number of aromatic nitrogens is 1. The second-order valence-electron chi connectivity index (χ2n) is 13.5. The molecule has 13 heteroatoms. The van der Waals surface area contributed by atoms with Gasteiger partial charge in [-0.25, -0.2) is 4.98 Å². The summed E-state index contributed by atoms with van der Waals surface area (Å²) in [6.45, 7) is 4.71. The summed E-state index contributed by atoms with van der Waals surface area (Å²) in [6.07, 6.45) is 3.58. The molecule has 0 aliphatic heterocycles. The van der Waals surface area contributed by atoms with E-state index in [4.69, 9.17) is 5.73 Å². The molecular formula is C41H46N6O6S. The van der Waals surface area contributed by atoms with Crippen LogP contribution in [-0.2, 0) is 20.8 Å². The summed E-state index contributed by atoms with van der Waals surface area (Å²) in [4.78, 5) is 70.2. The first-order valence-corrected chi connectivity index (χ1v) is 18.8. The third-order valence-electron chi connectivity index (χ3n) is 9.50. The summed E-state index contributed by atoms with van der Waals surface area (Å²) < 4.78 is 0. The normalized spacial score (nSPS) is 14.1. The van der Waals surface area contributed by atoms with Crippen LogP contribution >= 0.6 is 11.3 Å². The number of hydrogen-bond donors (Lipinski definition) is 5. The lowest BCUT2D eigenvalue weighted by Crippen LogP contribution is -2.36. The third kappa shape index (κ3) is 10.2. The van der Waals surface area contributed by atoms with Crippen molar-refractivity contribution in [2.45, 2.75) is 57.9 Å². The molecule has 0 spiro atoms. The lowest BCUT2D eigenvalue weighted by molar-refractivity contribution is -0.123. The number of likely N-dealkylation sites (N-methyl/N-ethyl adjacent to an activating group) is 1. The number of nitrogens with one attached hydrogen (secondary N) is 3. The van der Waals surface area contributed by atoms with Crippen LogP contribution in [0.2, 0.25) is 0 Å². The van der Waals surface area contributed by atoms with Crippen molar-refractivity contribution in [1.29, 1.82) is 0 Å². The van der Waals surface area contributed by atoms with Crippen LogP contribution in [0.1, 0.15) is 87.7 Å². The summed E-state index contributed by atoms with van der Waals surface area (Å²) >= 11 is 1.60. The fourth-order valence-corrected chi connectivity index (χ4v) is 7.16. The second kappa shape index (κ2) is 18.3. The average Bonchev–Trinajstić information content (AvgIpc) is 3.78. The molecule has 0 saturated carbocycles. The number of thiazole rings is 1. The van der Waals surface area contributed by atoms with E-state index < -0.39 is 23.3 Å². The summed E-state index contributed by atoms with van der Waals surface area (Å²) in [5.74, 6) is -2.34. The molecule has 282 valence electrons. The Bertz CT molecular complexity index is 2040. The number of phenolic OH excluding ortho intramolecular Hbond substituents is 1. The Kier molecular flexibility index (Phi) is 13.3. The largest absolute Gasteiger partial charge is 0.507 e. The molecule has 3 aromatic carbocycles. The second-order valence-corrected chi connectivity index (χ2v) is 14.3. The first-order valence-electron chi connectivity index (χ1n) is 17.9. The molecular weight excluding hydrogens is 705 g/mol. The van der Waals surface area contributed by atoms with Crippen LogP contribution in [0, 0.1) is 6.92 Å². The number of nitrogens with zero attached hydrogens (tertiary/aromatic N) is 2. The van der Waals surface area contributed by atoms with Crippen LogP contribution in [0.25, 0.3) is 10.4 Å². The van der Waals surface area contributed by atoms with Crippen LogP contribution in [0.15, 0.2) is 84.0 Å². The predicted molar refractivity (Wildman–Crippen MR) is 208 cm³/mol. The van der Waals surface area contributed by atoms with Crippen molar-refractivity contribution in [2.24, 2.45) is 5.73 Å². The van der Waals surface area contributed by atoms with Gasteiger partial charge in [0.05, 0.1) is 27.7 Å². The zero-order valence-corrected chi connectivity index (χ0v) is 31.5. The van der Waals surface area contributed by atoms with Gasteiger partial charge in [-0.2, -0.15) is 0 Å². The standard InChI is InChI=1S/C41H46N6O6S/c1-25(27-10-12-29(13-11-27)39-26(2)45-24-54-39)21-38(51)43-18-6-9-37(50)44-19-20-47(3)41(53)32-16-14-30(22-36(32)49)35(48)23-33(42)40(52)46-34-17-15-28-7-4-5-8-31(28)34/h4-5,7-8,10-14,16,22-25,34,49H,6,9,15,17-21,42H2,1-3H3,(H,43,51)(H,44,50)(H,46,52)/t25-,34?/m0/s1. The topological polar surface area (TPSA) is 184 Å². The summed E-state index contributed by atoms with van der Waals surface area (Å²) in [7, 11) is 1.53. The van der Waals surface area contributed by atoms with Crippen LogP contribution in [0.4, 0.5) is 0 Å². The molecule has 12 nitrogen and oxygen atoms in total. The highest BCUT2D eigenvalue weighted by Gasteiger charge is 2.25. The molecule has 0 fully saturated rings. The number of benzene rings is 3. The van der Waals surface area contributed by atoms with Gasteiger partial charge in [-0.3, -0.25) is 24.0 Å². The number of aryl methyl sites for hydroxylation is 2. The van der Waals surface area contributed by atoms with Gasteiger partial charge < -0.3 is 31.7 Å². The van der Waals surface area contributed by atoms with Gasteiger partial charge in [0.25, 0.3) is 11.8 Å². The molecule has 1 heterocycles. The first-order chi connectivity index (χ1) is 25.9. The van der Waals surface area contributed by atoms with Crippen molar-refractivity contribution in [3.63, 3.8) is 0 Å². The van der Waals surface area contributed by atoms with Gasteiger partial charge in [0, 0.05) is 51.2 Å². The SMILES string of the molecule is Cc1ncsc1-c1ccc([C@@H](C)CC(=O)NCCCC(=O)NCCN(C)C(=O)c2ccc(C(=O)C=C(N)C(=O)NC3CCc4ccccc43)cc2O)cc1. The van der Waals surface area contributed by atoms with Crippen molar-refractivity contribution < 1.29 is 29.1 Å². The van der Waals surface area contributed by atoms with Crippen molar-refractivity contribution in [1.82, 2.24) is 25.8 Å². The van der Waals surface area contributed by atoms with Gasteiger partial charge in [-0.1, -0.05) is 55.5 Å². The Labute approximate surface area is 318 Å². The highest BCUT2D eigenvalue weighted by atomic mass is 32.1. The Balaban J connectivity index is 0.984. The van der Waals surface area contributed by atoms with E-state index in [1.165, 1.54) is 29.6 Å². The number of hydrogen-bond acceptors (Lipinski definition) is 9. The Morgan fingerprint density at radius 1 is 1.02 bits per heavy atom. The molecule has 0 saturated heterocycles. The van der Waals surface area contributed by atoms with E-state index in [-0.39, 0.29) is 60.1 Å². The summed E-state index contributed by atoms with van der Waals surface area (Å²) in [6, 6.07) is 19.7. The van der Waals surface area contributed by atoms with Gasteiger partial charge in [0.15, 0.2) is 5.78 Å². The molecule has 4 aromatic rings. The number of carbonyl (C=O) groups excluding carboxylic acids is 5. The number of phenols is 1. The molecule has 54 heavy (non-hydrogen) atoms. The number of allylic oxidation sites excluding steroid dienone is 1. The van der Waals surface area contributed by atoms with Crippen LogP contribution in [0.3, 0.4) is 0 Å². The van der Waals surface area contributed by atoms with E-state index in [0.717, 1.165) is 52.2 Å². The Morgan fingerprint density at radius 2 is 1.76 bits per heavy atom. The predicted octanol–water partition coefficient (Wildman–Crippen LogP) is 4.93. The molecule has 1 aliphatic carbocycles. The van der Waals surface area contributed by atoms with Crippen LogP contribution in [-0.4, -0.2) is 71.1 Å². The number of carbonyl (C=O) groups is 5. The van der Waals surface area contributed by atoms with E-state index in [1.54, 1.807) is 11.3 Å². The fraction of sp³-hybridized carbons (Fsp3) is 0.317. The maximum atomic E-state index is 13.0. The first kappa shape index (κ1) is 39.4. The Morgan fingerprint density at radius 3 is 2.48 bits per heavy atom. The molecule has 6 N–H and O–H groups in total. The molecule has 1 aliphatic rings. The summed E-state index contributed by atoms with van der Waals surface area (Å²) in [5, 5.41) is 19.1. The Hall–Kier alpha value is -5.82. The lowest BCUT2D eigenvalue weighted by Gasteiger charge is -2.18. The highest BCUT2D eigenvalue weighted by Crippen LogP contribution is 2.31. The van der Waals surface area contributed by atoms with E-state index in [1.807, 2.05) is 55.8 Å². The number of rotatable bonds is 16. The number of ketones is 1. The van der Waals surface area contributed by atoms with Crippen LogP contribution in [0.5, 0.6) is 5.75 Å². The molecule has 2 atom stereocenters. The zero-order chi connectivity index (χ0) is 38.8. The monoisotopic (exact) mass is 750 g/mol. The number of amides is 4. The van der Waals surface area contributed by atoms with Gasteiger partial charge in [-0.15, -0.1) is 11.3 Å². The fourth-order valence-electron chi connectivity index (χ4n) is 6.35. The lowest BCUT2D eigenvalue weighted by atomic mass is 9.96. The van der Waals surface area contributed by atoms with Crippen LogP contribution < -0.4 is 21.7 Å². The van der Waals surface area contributed by atoms with E-state index >= 15 is 0 Å². The molecule has 5 rings (SSSR count). The third-order valence-corrected chi connectivity index (χ3v) is 10.5. The number of nitrogens with two attached hydrogens (primary N) is 1.